The highest BCUT2D eigenvalue weighted by Gasteiger charge is 2.17. The molecule has 2 aromatic rings. The zero-order valence-corrected chi connectivity index (χ0v) is 13.1. The van der Waals surface area contributed by atoms with Crippen molar-refractivity contribution in [2.75, 3.05) is 11.9 Å². The average Bonchev–Trinajstić information content (AvgIpc) is 3.04. The van der Waals surface area contributed by atoms with Gasteiger partial charge in [0.25, 0.3) is 5.91 Å². The van der Waals surface area contributed by atoms with E-state index in [1.807, 2.05) is 18.4 Å². The molecule has 2 N–H and O–H groups in total. The summed E-state index contributed by atoms with van der Waals surface area (Å²) in [5, 5.41) is 9.08. The number of aromatic nitrogens is 2. The Morgan fingerprint density at radius 3 is 2.86 bits per heavy atom. The van der Waals surface area contributed by atoms with E-state index < -0.39 is 0 Å². The van der Waals surface area contributed by atoms with E-state index in [4.69, 9.17) is 0 Å². The van der Waals surface area contributed by atoms with Gasteiger partial charge in [0.05, 0.1) is 6.04 Å². The van der Waals surface area contributed by atoms with Crippen molar-refractivity contribution in [1.82, 2.24) is 15.3 Å². The van der Waals surface area contributed by atoms with Crippen LogP contribution in [-0.4, -0.2) is 22.4 Å². The Hall–Kier alpha value is -1.95. The van der Waals surface area contributed by atoms with Gasteiger partial charge in [-0.25, -0.2) is 4.98 Å². The first-order chi connectivity index (χ1) is 10.2. The summed E-state index contributed by atoms with van der Waals surface area (Å²) in [7, 11) is 0. The van der Waals surface area contributed by atoms with Crippen molar-refractivity contribution >= 4 is 22.9 Å². The molecule has 2 aromatic heterocycles. The Kier molecular flexibility index (Phi) is 5.68. The second kappa shape index (κ2) is 7.73. The van der Waals surface area contributed by atoms with Gasteiger partial charge >= 0.3 is 0 Å². The molecule has 1 atom stereocenters. The summed E-state index contributed by atoms with van der Waals surface area (Å²) in [6.07, 6.45) is 5.23. The fourth-order valence-electron chi connectivity index (χ4n) is 1.91. The third-order valence-corrected chi connectivity index (χ3v) is 3.92. The van der Waals surface area contributed by atoms with Crippen molar-refractivity contribution in [3.8, 4) is 0 Å². The van der Waals surface area contributed by atoms with Crippen LogP contribution in [0.2, 0.25) is 0 Å². The van der Waals surface area contributed by atoms with Crippen molar-refractivity contribution < 1.29 is 4.79 Å². The van der Waals surface area contributed by atoms with Crippen LogP contribution in [-0.2, 0) is 0 Å². The quantitative estimate of drug-likeness (QED) is 0.824. The molecule has 1 unspecified atom stereocenters. The molecule has 5 nitrogen and oxygen atoms in total. The predicted molar refractivity (Wildman–Crippen MR) is 85.6 cm³/mol. The molecule has 1 amide bonds. The molecule has 0 bridgehead atoms. The number of carbonyl (C=O) groups excluding carboxylic acids is 1. The highest BCUT2D eigenvalue weighted by Crippen LogP contribution is 2.19. The highest BCUT2D eigenvalue weighted by atomic mass is 32.1. The van der Waals surface area contributed by atoms with Crippen molar-refractivity contribution in [2.45, 2.75) is 32.7 Å². The van der Waals surface area contributed by atoms with E-state index in [1.165, 1.54) is 0 Å². The lowest BCUT2D eigenvalue weighted by molar-refractivity contribution is 0.0930. The third kappa shape index (κ3) is 4.26. The number of rotatable bonds is 7. The lowest BCUT2D eigenvalue weighted by atomic mass is 10.2. The first kappa shape index (κ1) is 15.4. The van der Waals surface area contributed by atoms with Crippen molar-refractivity contribution in [1.29, 1.82) is 0 Å². The lowest BCUT2D eigenvalue weighted by Crippen LogP contribution is -2.28. The minimum Gasteiger partial charge on any atom is -0.385 e. The molecular weight excluding hydrogens is 284 g/mol. The van der Waals surface area contributed by atoms with Crippen LogP contribution in [0, 0.1) is 0 Å². The second-order valence-corrected chi connectivity index (χ2v) is 5.59. The SMILES string of the molecule is CCCNc1ccnc(C(=O)NC(CC)c2nccs2)c1. The van der Waals surface area contributed by atoms with Gasteiger partial charge in [0.1, 0.15) is 10.7 Å². The second-order valence-electron chi connectivity index (χ2n) is 4.66. The van der Waals surface area contributed by atoms with Crippen LogP contribution in [0.5, 0.6) is 0 Å². The first-order valence-corrected chi connectivity index (χ1v) is 8.02. The van der Waals surface area contributed by atoms with Gasteiger partial charge < -0.3 is 10.6 Å². The third-order valence-electron chi connectivity index (χ3n) is 3.03. The normalized spacial score (nSPS) is 11.9. The zero-order chi connectivity index (χ0) is 15.1. The Morgan fingerprint density at radius 1 is 1.33 bits per heavy atom. The van der Waals surface area contributed by atoms with E-state index in [2.05, 4.69) is 27.5 Å². The molecular formula is C15H20N4OS. The van der Waals surface area contributed by atoms with Gasteiger partial charge in [-0.2, -0.15) is 0 Å². The smallest absolute Gasteiger partial charge is 0.270 e. The summed E-state index contributed by atoms with van der Waals surface area (Å²) in [5.74, 6) is -0.169. The van der Waals surface area contributed by atoms with Gasteiger partial charge in [-0.3, -0.25) is 9.78 Å². The molecule has 2 rings (SSSR count). The number of nitrogens with zero attached hydrogens (tertiary/aromatic N) is 2. The number of hydrogen-bond donors (Lipinski definition) is 2. The molecule has 0 radical (unpaired) electrons. The van der Waals surface area contributed by atoms with Crippen molar-refractivity contribution in [3.05, 3.63) is 40.6 Å². The van der Waals surface area contributed by atoms with Crippen molar-refractivity contribution in [2.24, 2.45) is 0 Å². The molecule has 6 heteroatoms. The Bertz CT molecular complexity index is 571. The van der Waals surface area contributed by atoms with Crippen LogP contribution in [0.3, 0.4) is 0 Å². The molecule has 0 spiro atoms. The van der Waals surface area contributed by atoms with Crippen LogP contribution < -0.4 is 10.6 Å². The van der Waals surface area contributed by atoms with Gasteiger partial charge in [-0.1, -0.05) is 13.8 Å². The number of hydrogen-bond acceptors (Lipinski definition) is 5. The van der Waals surface area contributed by atoms with E-state index >= 15 is 0 Å². The fraction of sp³-hybridized carbons (Fsp3) is 0.400. The summed E-state index contributed by atoms with van der Waals surface area (Å²) in [4.78, 5) is 20.7. The molecule has 0 saturated heterocycles. The first-order valence-electron chi connectivity index (χ1n) is 7.14. The minimum atomic E-state index is -0.169. The molecule has 0 fully saturated rings. The van der Waals surface area contributed by atoms with E-state index in [9.17, 15) is 4.79 Å². The maximum atomic E-state index is 12.3. The van der Waals surface area contributed by atoms with E-state index in [-0.39, 0.29) is 11.9 Å². The number of pyridine rings is 1. The molecule has 112 valence electrons. The van der Waals surface area contributed by atoms with E-state index in [0.717, 1.165) is 30.1 Å². The lowest BCUT2D eigenvalue weighted by Gasteiger charge is -2.14. The van der Waals surface area contributed by atoms with Gasteiger partial charge in [0.15, 0.2) is 0 Å². The Balaban J connectivity index is 2.05. The van der Waals surface area contributed by atoms with Crippen LogP contribution in [0.15, 0.2) is 29.9 Å². The molecule has 0 aliphatic carbocycles. The van der Waals surface area contributed by atoms with Crippen LogP contribution >= 0.6 is 11.3 Å². The van der Waals surface area contributed by atoms with Gasteiger partial charge in [-0.05, 0) is 25.0 Å². The maximum Gasteiger partial charge on any atom is 0.270 e. The van der Waals surface area contributed by atoms with Gasteiger partial charge in [0.2, 0.25) is 0 Å². The van der Waals surface area contributed by atoms with Gasteiger partial charge in [0, 0.05) is 30.0 Å². The molecule has 0 aliphatic heterocycles. The van der Waals surface area contributed by atoms with Crippen molar-refractivity contribution in [3.63, 3.8) is 0 Å². The zero-order valence-electron chi connectivity index (χ0n) is 12.3. The molecule has 0 saturated carbocycles. The summed E-state index contributed by atoms with van der Waals surface area (Å²) >= 11 is 1.55. The van der Waals surface area contributed by atoms with E-state index in [0.29, 0.717) is 5.69 Å². The Labute approximate surface area is 128 Å². The maximum absolute atomic E-state index is 12.3. The average molecular weight is 304 g/mol. The Morgan fingerprint density at radius 2 is 2.19 bits per heavy atom. The largest absolute Gasteiger partial charge is 0.385 e. The summed E-state index contributed by atoms with van der Waals surface area (Å²) < 4.78 is 0. The number of nitrogens with one attached hydrogen (secondary N) is 2. The standard InChI is InChI=1S/C15H20N4OS/c1-3-6-16-11-5-7-17-13(10-11)14(20)19-12(4-2)15-18-8-9-21-15/h5,7-10,12H,3-4,6H2,1-2H3,(H,16,17)(H,19,20). The fourth-order valence-corrected chi connectivity index (χ4v) is 2.68. The molecule has 0 aliphatic rings. The minimum absolute atomic E-state index is 0.0634. The predicted octanol–water partition coefficient (Wildman–Crippen LogP) is 3.24. The number of carbonyl (C=O) groups is 1. The van der Waals surface area contributed by atoms with Crippen LogP contribution in [0.4, 0.5) is 5.69 Å². The summed E-state index contributed by atoms with van der Waals surface area (Å²) in [6, 6.07) is 3.58. The number of anilines is 1. The molecule has 2 heterocycles. The molecule has 0 aromatic carbocycles. The number of thiazole rings is 1. The number of amides is 1. The summed E-state index contributed by atoms with van der Waals surface area (Å²) in [5.41, 5.74) is 1.34. The monoisotopic (exact) mass is 304 g/mol. The van der Waals surface area contributed by atoms with Crippen LogP contribution in [0.25, 0.3) is 0 Å². The topological polar surface area (TPSA) is 66.9 Å². The highest BCUT2D eigenvalue weighted by molar-refractivity contribution is 7.09. The van der Waals surface area contributed by atoms with Crippen LogP contribution in [0.1, 0.15) is 48.2 Å². The van der Waals surface area contributed by atoms with E-state index in [1.54, 1.807) is 29.8 Å². The summed E-state index contributed by atoms with van der Waals surface area (Å²) in [6.45, 7) is 5.00. The molecule has 21 heavy (non-hydrogen) atoms. The van der Waals surface area contributed by atoms with Gasteiger partial charge in [-0.15, -0.1) is 11.3 Å².